The van der Waals surface area contributed by atoms with Gasteiger partial charge in [0, 0.05) is 17.3 Å². The van der Waals surface area contributed by atoms with Gasteiger partial charge in [0.15, 0.2) is 0 Å². The van der Waals surface area contributed by atoms with Gasteiger partial charge in [0.1, 0.15) is 0 Å². The predicted octanol–water partition coefficient (Wildman–Crippen LogP) is 5.46. The summed E-state index contributed by atoms with van der Waals surface area (Å²) in [5.41, 5.74) is 2.64. The number of hydrogen-bond donors (Lipinski definition) is 0. The van der Waals surface area contributed by atoms with Crippen LogP contribution in [0.5, 0.6) is 0 Å². The first kappa shape index (κ1) is 14.0. The molecule has 0 heterocycles. The fraction of sp³-hybridized carbons (Fsp3) is 0.130. The third-order valence-electron chi connectivity index (χ3n) is 5.05. The van der Waals surface area contributed by atoms with Crippen LogP contribution in [-0.4, -0.2) is 0 Å². The summed E-state index contributed by atoms with van der Waals surface area (Å²) < 4.78 is 0. The molecule has 0 saturated heterocycles. The first-order chi connectivity index (χ1) is 11.4. The molecule has 0 N–H and O–H groups in total. The minimum atomic E-state index is -0.102. The molecule has 0 aliphatic heterocycles. The number of hydrogen-bond acceptors (Lipinski definition) is 0. The van der Waals surface area contributed by atoms with Crippen LogP contribution >= 0.6 is 0 Å². The highest BCUT2D eigenvalue weighted by molar-refractivity contribution is 5.49. The van der Waals surface area contributed by atoms with Crippen LogP contribution in [0, 0.1) is 11.8 Å². The van der Waals surface area contributed by atoms with Gasteiger partial charge >= 0.3 is 0 Å². The molecule has 2 aliphatic rings. The Labute approximate surface area is 138 Å². The SMILES string of the molecule is C1=CC(C(c2ccccc2)(c2ccccc2)C2C=CC=C2)C=C1. The van der Waals surface area contributed by atoms with Gasteiger partial charge in [-0.25, -0.2) is 0 Å². The molecule has 0 nitrogen and oxygen atoms in total. The van der Waals surface area contributed by atoms with Crippen molar-refractivity contribution in [2.45, 2.75) is 5.41 Å². The molecule has 112 valence electrons. The van der Waals surface area contributed by atoms with Gasteiger partial charge in [-0.2, -0.15) is 0 Å². The van der Waals surface area contributed by atoms with E-state index in [-0.39, 0.29) is 5.41 Å². The quantitative estimate of drug-likeness (QED) is 0.703. The van der Waals surface area contributed by atoms with Crippen LogP contribution in [0.3, 0.4) is 0 Å². The number of benzene rings is 2. The second-order valence-electron chi connectivity index (χ2n) is 6.19. The molecule has 2 aromatic rings. The molecule has 0 unspecified atom stereocenters. The van der Waals surface area contributed by atoms with E-state index in [0.717, 1.165) is 0 Å². The standard InChI is InChI=1S/C23H20/c1-3-11-19(12-4-1)23(21-15-7-8-16-21,22-17-9-10-18-22)20-13-5-2-6-14-20/h1-18,21-22H. The van der Waals surface area contributed by atoms with Crippen LogP contribution in [0.4, 0.5) is 0 Å². The van der Waals surface area contributed by atoms with Crippen molar-refractivity contribution in [3.8, 4) is 0 Å². The molecule has 0 saturated carbocycles. The van der Waals surface area contributed by atoms with E-state index in [1.807, 2.05) is 0 Å². The lowest BCUT2D eigenvalue weighted by molar-refractivity contribution is 0.380. The minimum Gasteiger partial charge on any atom is -0.0764 e. The molecular weight excluding hydrogens is 276 g/mol. The molecule has 0 bridgehead atoms. The van der Waals surface area contributed by atoms with E-state index in [9.17, 15) is 0 Å². The van der Waals surface area contributed by atoms with Gasteiger partial charge in [0.25, 0.3) is 0 Å². The van der Waals surface area contributed by atoms with Gasteiger partial charge in [0.2, 0.25) is 0 Å². The highest BCUT2D eigenvalue weighted by Crippen LogP contribution is 2.49. The van der Waals surface area contributed by atoms with Crippen molar-refractivity contribution in [2.24, 2.45) is 11.8 Å². The van der Waals surface area contributed by atoms with Crippen molar-refractivity contribution in [1.82, 2.24) is 0 Å². The van der Waals surface area contributed by atoms with Crippen LogP contribution in [-0.2, 0) is 5.41 Å². The van der Waals surface area contributed by atoms with Crippen LogP contribution in [0.25, 0.3) is 0 Å². The lowest BCUT2D eigenvalue weighted by atomic mass is 9.59. The summed E-state index contributed by atoms with van der Waals surface area (Å²) >= 11 is 0. The molecule has 23 heavy (non-hydrogen) atoms. The lowest BCUT2D eigenvalue weighted by Crippen LogP contribution is -2.40. The summed E-state index contributed by atoms with van der Waals surface area (Å²) in [6.45, 7) is 0. The third-order valence-corrected chi connectivity index (χ3v) is 5.05. The van der Waals surface area contributed by atoms with E-state index in [2.05, 4.69) is 109 Å². The van der Waals surface area contributed by atoms with Crippen molar-refractivity contribution in [3.63, 3.8) is 0 Å². The zero-order valence-electron chi connectivity index (χ0n) is 13.0. The molecular formula is C23H20. The fourth-order valence-corrected chi connectivity index (χ4v) is 4.06. The van der Waals surface area contributed by atoms with Crippen molar-refractivity contribution in [2.75, 3.05) is 0 Å². The van der Waals surface area contributed by atoms with Gasteiger partial charge in [0.05, 0.1) is 0 Å². The number of allylic oxidation sites excluding steroid dienone is 8. The average molecular weight is 296 g/mol. The normalized spacial score (nSPS) is 17.4. The molecule has 0 amide bonds. The fourth-order valence-electron chi connectivity index (χ4n) is 4.06. The maximum absolute atomic E-state index is 2.33. The van der Waals surface area contributed by atoms with Crippen molar-refractivity contribution in [3.05, 3.63) is 120 Å². The van der Waals surface area contributed by atoms with Crippen LogP contribution < -0.4 is 0 Å². The summed E-state index contributed by atoms with van der Waals surface area (Å²) in [5, 5.41) is 0. The van der Waals surface area contributed by atoms with Crippen molar-refractivity contribution in [1.29, 1.82) is 0 Å². The van der Waals surface area contributed by atoms with Crippen LogP contribution in [0.1, 0.15) is 11.1 Å². The smallest absolute Gasteiger partial charge is 0.0397 e. The zero-order chi connectivity index (χ0) is 15.5. The van der Waals surface area contributed by atoms with Gasteiger partial charge in [-0.15, -0.1) is 0 Å². The first-order valence-electron chi connectivity index (χ1n) is 8.23. The first-order valence-corrected chi connectivity index (χ1v) is 8.23. The highest BCUT2D eigenvalue weighted by atomic mass is 14.5. The Bertz CT molecular complexity index is 682. The second-order valence-corrected chi connectivity index (χ2v) is 6.19. The summed E-state index contributed by atoms with van der Waals surface area (Å²) in [6, 6.07) is 21.9. The topological polar surface area (TPSA) is 0 Å². The Balaban J connectivity index is 2.01. The number of rotatable bonds is 4. The van der Waals surface area contributed by atoms with E-state index in [1.165, 1.54) is 11.1 Å². The van der Waals surface area contributed by atoms with Crippen LogP contribution in [0.15, 0.2) is 109 Å². The summed E-state index contributed by atoms with van der Waals surface area (Å²) in [7, 11) is 0. The predicted molar refractivity (Wildman–Crippen MR) is 97.2 cm³/mol. The van der Waals surface area contributed by atoms with E-state index >= 15 is 0 Å². The van der Waals surface area contributed by atoms with E-state index in [4.69, 9.17) is 0 Å². The Kier molecular flexibility index (Phi) is 3.59. The Morgan fingerprint density at radius 2 is 0.826 bits per heavy atom. The lowest BCUT2D eigenvalue weighted by Gasteiger charge is -2.43. The van der Waals surface area contributed by atoms with E-state index in [0.29, 0.717) is 11.8 Å². The Morgan fingerprint density at radius 1 is 0.478 bits per heavy atom. The molecule has 0 fully saturated rings. The molecule has 4 rings (SSSR count). The molecule has 0 heteroatoms. The van der Waals surface area contributed by atoms with E-state index in [1.54, 1.807) is 0 Å². The summed E-state index contributed by atoms with van der Waals surface area (Å²) in [6.07, 6.45) is 18.0. The van der Waals surface area contributed by atoms with Crippen molar-refractivity contribution < 1.29 is 0 Å². The average Bonchev–Trinajstić information content (AvgIpc) is 3.32. The Morgan fingerprint density at radius 3 is 1.17 bits per heavy atom. The van der Waals surface area contributed by atoms with Gasteiger partial charge in [-0.3, -0.25) is 0 Å². The van der Waals surface area contributed by atoms with E-state index < -0.39 is 0 Å². The Hall–Kier alpha value is -2.60. The van der Waals surface area contributed by atoms with Gasteiger partial charge in [-0.1, -0.05) is 109 Å². The maximum Gasteiger partial charge on any atom is 0.0397 e. The molecule has 0 atom stereocenters. The molecule has 2 aromatic carbocycles. The summed E-state index contributed by atoms with van der Waals surface area (Å²) in [5.74, 6) is 0.703. The largest absolute Gasteiger partial charge is 0.0764 e. The maximum atomic E-state index is 2.33. The van der Waals surface area contributed by atoms with Gasteiger partial charge in [-0.05, 0) is 11.1 Å². The molecule has 0 aromatic heterocycles. The third kappa shape index (κ3) is 2.22. The molecule has 2 aliphatic carbocycles. The molecule has 0 spiro atoms. The monoisotopic (exact) mass is 296 g/mol. The summed E-state index contributed by atoms with van der Waals surface area (Å²) in [4.78, 5) is 0. The second kappa shape index (κ2) is 5.89. The molecule has 0 radical (unpaired) electrons. The minimum absolute atomic E-state index is 0.102. The highest BCUT2D eigenvalue weighted by Gasteiger charge is 2.45. The zero-order valence-corrected chi connectivity index (χ0v) is 13.0. The van der Waals surface area contributed by atoms with Crippen LogP contribution in [0.2, 0.25) is 0 Å². The van der Waals surface area contributed by atoms with Gasteiger partial charge < -0.3 is 0 Å². The van der Waals surface area contributed by atoms with Crippen molar-refractivity contribution >= 4 is 0 Å².